The van der Waals surface area contributed by atoms with Gasteiger partial charge in [-0.15, -0.1) is 0 Å². The third-order valence-corrected chi connectivity index (χ3v) is 5.11. The van der Waals surface area contributed by atoms with Crippen LogP contribution >= 0.6 is 0 Å². The van der Waals surface area contributed by atoms with Gasteiger partial charge < -0.3 is 9.84 Å². The fourth-order valence-electron chi connectivity index (χ4n) is 3.80. The quantitative estimate of drug-likeness (QED) is 0.911. The molecule has 0 spiro atoms. The van der Waals surface area contributed by atoms with Gasteiger partial charge in [-0.3, -0.25) is 9.48 Å². The predicted molar refractivity (Wildman–Crippen MR) is 91.2 cm³/mol. The SMILES string of the molecule is Cc1noc(C)c1C(C)CNC(=O)c1cnn(C2CCCC2)c1C. The predicted octanol–water partition coefficient (Wildman–Crippen LogP) is 3.44. The zero-order valence-electron chi connectivity index (χ0n) is 14.9. The minimum absolute atomic E-state index is 0.0599. The normalized spacial score (nSPS) is 16.5. The summed E-state index contributed by atoms with van der Waals surface area (Å²) in [7, 11) is 0. The van der Waals surface area contributed by atoms with E-state index in [-0.39, 0.29) is 11.8 Å². The zero-order chi connectivity index (χ0) is 17.3. The first-order chi connectivity index (χ1) is 11.5. The largest absolute Gasteiger partial charge is 0.361 e. The highest BCUT2D eigenvalue weighted by Crippen LogP contribution is 2.30. The van der Waals surface area contributed by atoms with Gasteiger partial charge in [-0.2, -0.15) is 5.10 Å². The highest BCUT2D eigenvalue weighted by Gasteiger charge is 2.23. The van der Waals surface area contributed by atoms with Crippen molar-refractivity contribution < 1.29 is 9.32 Å². The summed E-state index contributed by atoms with van der Waals surface area (Å²) < 4.78 is 7.24. The molecule has 1 amide bonds. The second-order valence-electron chi connectivity index (χ2n) is 6.88. The lowest BCUT2D eigenvalue weighted by Crippen LogP contribution is -2.28. The molecule has 1 unspecified atom stereocenters. The first kappa shape index (κ1) is 16.7. The summed E-state index contributed by atoms with van der Waals surface area (Å²) in [5.74, 6) is 0.917. The van der Waals surface area contributed by atoms with Crippen LogP contribution in [-0.2, 0) is 0 Å². The van der Waals surface area contributed by atoms with E-state index in [9.17, 15) is 4.79 Å². The van der Waals surface area contributed by atoms with Crippen molar-refractivity contribution in [1.82, 2.24) is 20.3 Å². The summed E-state index contributed by atoms with van der Waals surface area (Å²) in [6.07, 6.45) is 6.52. The molecular formula is C18H26N4O2. The Balaban J connectivity index is 1.65. The average molecular weight is 330 g/mol. The van der Waals surface area contributed by atoms with Gasteiger partial charge in [0.05, 0.1) is 23.5 Å². The number of carbonyl (C=O) groups is 1. The van der Waals surface area contributed by atoms with Gasteiger partial charge in [-0.25, -0.2) is 0 Å². The first-order valence-corrected chi connectivity index (χ1v) is 8.74. The van der Waals surface area contributed by atoms with Crippen molar-refractivity contribution in [3.8, 4) is 0 Å². The van der Waals surface area contributed by atoms with E-state index < -0.39 is 0 Å². The molecule has 0 saturated heterocycles. The molecule has 3 rings (SSSR count). The van der Waals surface area contributed by atoms with Crippen molar-refractivity contribution >= 4 is 5.91 Å². The summed E-state index contributed by atoms with van der Waals surface area (Å²) in [6, 6.07) is 0.452. The van der Waals surface area contributed by atoms with E-state index in [0.29, 0.717) is 18.2 Å². The van der Waals surface area contributed by atoms with Crippen LogP contribution in [0.2, 0.25) is 0 Å². The topological polar surface area (TPSA) is 73.0 Å². The second-order valence-corrected chi connectivity index (χ2v) is 6.88. The summed E-state index contributed by atoms with van der Waals surface area (Å²) in [4.78, 5) is 12.5. The van der Waals surface area contributed by atoms with Crippen LogP contribution in [-0.4, -0.2) is 27.4 Å². The van der Waals surface area contributed by atoms with Crippen LogP contribution in [0.3, 0.4) is 0 Å². The van der Waals surface area contributed by atoms with Gasteiger partial charge >= 0.3 is 0 Å². The molecule has 0 aliphatic heterocycles. The fourth-order valence-corrected chi connectivity index (χ4v) is 3.80. The smallest absolute Gasteiger partial charge is 0.254 e. The lowest BCUT2D eigenvalue weighted by Gasteiger charge is -2.14. The van der Waals surface area contributed by atoms with E-state index in [2.05, 4.69) is 22.5 Å². The number of hydrogen-bond donors (Lipinski definition) is 1. The average Bonchev–Trinajstić information content (AvgIpc) is 3.26. The molecule has 0 radical (unpaired) electrons. The summed E-state index contributed by atoms with van der Waals surface area (Å²) >= 11 is 0. The maximum Gasteiger partial charge on any atom is 0.254 e. The van der Waals surface area contributed by atoms with Crippen LogP contribution in [0.1, 0.15) is 77.6 Å². The number of hydrogen-bond acceptors (Lipinski definition) is 4. The summed E-state index contributed by atoms with van der Waals surface area (Å²) in [5.41, 5.74) is 3.60. The van der Waals surface area contributed by atoms with Crippen LogP contribution < -0.4 is 5.32 Å². The highest BCUT2D eigenvalue weighted by molar-refractivity contribution is 5.95. The lowest BCUT2D eigenvalue weighted by atomic mass is 9.99. The fraction of sp³-hybridized carbons (Fsp3) is 0.611. The van der Waals surface area contributed by atoms with Crippen LogP contribution in [0.4, 0.5) is 0 Å². The molecule has 1 aliphatic carbocycles. The van der Waals surface area contributed by atoms with Crippen LogP contribution in [0, 0.1) is 20.8 Å². The maximum atomic E-state index is 12.5. The number of nitrogens with one attached hydrogen (secondary N) is 1. The Bertz CT molecular complexity index is 706. The molecular weight excluding hydrogens is 304 g/mol. The van der Waals surface area contributed by atoms with E-state index >= 15 is 0 Å². The Labute approximate surface area is 142 Å². The number of rotatable bonds is 5. The highest BCUT2D eigenvalue weighted by atomic mass is 16.5. The number of nitrogens with zero attached hydrogens (tertiary/aromatic N) is 3. The standard InChI is InChI=1S/C18H26N4O2/c1-11(17-12(2)21-24-14(17)4)9-19-18(23)16-10-20-22(13(16)3)15-7-5-6-8-15/h10-11,15H,5-9H2,1-4H3,(H,19,23). The number of aryl methyl sites for hydroxylation is 2. The van der Waals surface area contributed by atoms with Crippen molar-refractivity contribution in [2.24, 2.45) is 0 Å². The lowest BCUT2D eigenvalue weighted by molar-refractivity contribution is 0.0950. The molecule has 2 aromatic heterocycles. The molecule has 1 aliphatic rings. The van der Waals surface area contributed by atoms with E-state index in [4.69, 9.17) is 4.52 Å². The van der Waals surface area contributed by atoms with E-state index in [1.807, 2.05) is 25.5 Å². The van der Waals surface area contributed by atoms with E-state index in [0.717, 1.165) is 35.6 Å². The Morgan fingerprint density at radius 2 is 2.08 bits per heavy atom. The van der Waals surface area contributed by atoms with Crippen LogP contribution in [0.5, 0.6) is 0 Å². The van der Waals surface area contributed by atoms with E-state index in [1.165, 1.54) is 12.8 Å². The molecule has 0 bridgehead atoms. The van der Waals surface area contributed by atoms with Gasteiger partial charge in [-0.05, 0) is 33.6 Å². The number of amides is 1. The number of aromatic nitrogens is 3. The minimum atomic E-state index is -0.0599. The molecule has 1 saturated carbocycles. The van der Waals surface area contributed by atoms with Gasteiger partial charge in [0.2, 0.25) is 0 Å². The van der Waals surface area contributed by atoms with E-state index in [1.54, 1.807) is 6.20 Å². The molecule has 2 heterocycles. The molecule has 24 heavy (non-hydrogen) atoms. The molecule has 1 N–H and O–H groups in total. The summed E-state index contributed by atoms with van der Waals surface area (Å²) in [5, 5.41) is 11.5. The Hall–Kier alpha value is -2.11. The monoisotopic (exact) mass is 330 g/mol. The molecule has 6 heteroatoms. The van der Waals surface area contributed by atoms with Crippen molar-refractivity contribution in [2.75, 3.05) is 6.54 Å². The Morgan fingerprint density at radius 1 is 1.38 bits per heavy atom. The second kappa shape index (κ2) is 6.79. The third-order valence-electron chi connectivity index (χ3n) is 5.11. The Kier molecular flexibility index (Phi) is 4.73. The van der Waals surface area contributed by atoms with Crippen molar-refractivity contribution in [3.05, 3.63) is 34.5 Å². The van der Waals surface area contributed by atoms with Crippen molar-refractivity contribution in [3.63, 3.8) is 0 Å². The summed E-state index contributed by atoms with van der Waals surface area (Å²) in [6.45, 7) is 8.44. The van der Waals surface area contributed by atoms with Gasteiger partial charge in [0.15, 0.2) is 0 Å². The molecule has 0 aromatic carbocycles. The zero-order valence-corrected chi connectivity index (χ0v) is 14.9. The van der Waals surface area contributed by atoms with Crippen molar-refractivity contribution in [1.29, 1.82) is 0 Å². The minimum Gasteiger partial charge on any atom is -0.361 e. The van der Waals surface area contributed by atoms with Gasteiger partial charge in [0.25, 0.3) is 5.91 Å². The van der Waals surface area contributed by atoms with Crippen LogP contribution in [0.15, 0.2) is 10.7 Å². The molecule has 2 aromatic rings. The maximum absolute atomic E-state index is 12.5. The van der Waals surface area contributed by atoms with Crippen molar-refractivity contribution in [2.45, 2.75) is 65.3 Å². The van der Waals surface area contributed by atoms with Gasteiger partial charge in [-0.1, -0.05) is 24.9 Å². The van der Waals surface area contributed by atoms with Gasteiger partial charge in [0, 0.05) is 23.7 Å². The van der Waals surface area contributed by atoms with Gasteiger partial charge in [0.1, 0.15) is 5.76 Å². The molecule has 1 fully saturated rings. The van der Waals surface area contributed by atoms with Crippen LogP contribution in [0.25, 0.3) is 0 Å². The third kappa shape index (κ3) is 3.09. The first-order valence-electron chi connectivity index (χ1n) is 8.74. The number of carbonyl (C=O) groups excluding carboxylic acids is 1. The molecule has 1 atom stereocenters. The molecule has 130 valence electrons. The Morgan fingerprint density at radius 3 is 2.71 bits per heavy atom. The molecule has 6 nitrogen and oxygen atoms in total.